The van der Waals surface area contributed by atoms with Gasteiger partial charge < -0.3 is 19.5 Å². The number of aromatic nitrogens is 1. The van der Waals surface area contributed by atoms with Gasteiger partial charge in [0.15, 0.2) is 5.96 Å². The second kappa shape index (κ2) is 10.2. The Hall–Kier alpha value is -1.70. The topological polar surface area (TPSA) is 41.8 Å². The van der Waals surface area contributed by atoms with E-state index in [1.165, 1.54) is 5.69 Å². The maximum atomic E-state index is 5.18. The van der Waals surface area contributed by atoms with Gasteiger partial charge in [0, 0.05) is 32.5 Å². The highest BCUT2D eigenvalue weighted by Crippen LogP contribution is 2.12. The van der Waals surface area contributed by atoms with E-state index in [9.17, 15) is 0 Å². The van der Waals surface area contributed by atoms with Crippen molar-refractivity contribution in [1.29, 1.82) is 0 Å². The Bertz CT molecular complexity index is 637. The van der Waals surface area contributed by atoms with Gasteiger partial charge in [0.05, 0.1) is 20.2 Å². The van der Waals surface area contributed by atoms with Crippen LogP contribution in [0, 0.1) is 0 Å². The number of hydrogen-bond donors (Lipinski definition) is 1. The van der Waals surface area contributed by atoms with E-state index >= 15 is 0 Å². The molecule has 6 heteroatoms. The number of rotatable bonds is 6. The lowest BCUT2D eigenvalue weighted by Gasteiger charge is -2.22. The van der Waals surface area contributed by atoms with Gasteiger partial charge in [-0.25, -0.2) is 4.99 Å². The second-order valence-electron chi connectivity index (χ2n) is 5.48. The number of nitrogens with one attached hydrogen (secondary N) is 1. The molecule has 0 unspecified atom stereocenters. The molecule has 24 heavy (non-hydrogen) atoms. The molecule has 0 fully saturated rings. The smallest absolute Gasteiger partial charge is 0.194 e. The molecule has 132 valence electrons. The van der Waals surface area contributed by atoms with Gasteiger partial charge in [-0.15, -0.1) is 24.0 Å². The van der Waals surface area contributed by atoms with Crippen LogP contribution in [0.15, 0.2) is 47.6 Å². The summed E-state index contributed by atoms with van der Waals surface area (Å²) < 4.78 is 7.31. The predicted octanol–water partition coefficient (Wildman–Crippen LogP) is 3.25. The van der Waals surface area contributed by atoms with Gasteiger partial charge in [0.1, 0.15) is 5.75 Å². The summed E-state index contributed by atoms with van der Waals surface area (Å²) in [6.45, 7) is 4.39. The highest BCUT2D eigenvalue weighted by Gasteiger charge is 2.08. The SMILES string of the molecule is CCNC(=NCc1ccc(OC)cc1)N(C)Cc1cccn1C.I. The largest absolute Gasteiger partial charge is 0.497 e. The lowest BCUT2D eigenvalue weighted by atomic mass is 10.2. The summed E-state index contributed by atoms with van der Waals surface area (Å²) in [6, 6.07) is 12.2. The molecule has 1 N–H and O–H groups in total. The Morgan fingerprint density at radius 2 is 1.96 bits per heavy atom. The maximum absolute atomic E-state index is 5.18. The summed E-state index contributed by atoms with van der Waals surface area (Å²) in [6.07, 6.45) is 2.06. The molecule has 1 aromatic carbocycles. The van der Waals surface area contributed by atoms with Crippen LogP contribution in [0.3, 0.4) is 0 Å². The van der Waals surface area contributed by atoms with Crippen molar-refractivity contribution in [3.8, 4) is 5.75 Å². The van der Waals surface area contributed by atoms with E-state index in [0.29, 0.717) is 6.54 Å². The number of hydrogen-bond acceptors (Lipinski definition) is 2. The zero-order valence-electron chi connectivity index (χ0n) is 14.8. The van der Waals surface area contributed by atoms with Gasteiger partial charge in [0.2, 0.25) is 0 Å². The molecular formula is C18H27IN4O. The molecule has 0 aliphatic carbocycles. The van der Waals surface area contributed by atoms with Gasteiger partial charge in [0.25, 0.3) is 0 Å². The summed E-state index contributed by atoms with van der Waals surface area (Å²) in [5.41, 5.74) is 2.41. The first-order chi connectivity index (χ1) is 11.1. The molecular weight excluding hydrogens is 415 g/mol. The number of ether oxygens (including phenoxy) is 1. The number of halogens is 1. The molecule has 1 aromatic heterocycles. The Morgan fingerprint density at radius 1 is 1.25 bits per heavy atom. The van der Waals surface area contributed by atoms with Crippen molar-refractivity contribution in [3.05, 3.63) is 53.9 Å². The highest BCUT2D eigenvalue weighted by atomic mass is 127. The van der Waals surface area contributed by atoms with Crippen LogP contribution in [0.4, 0.5) is 0 Å². The van der Waals surface area contributed by atoms with E-state index in [2.05, 4.69) is 54.1 Å². The molecule has 2 aromatic rings. The summed E-state index contributed by atoms with van der Waals surface area (Å²) in [5.74, 6) is 1.77. The van der Waals surface area contributed by atoms with Gasteiger partial charge in [-0.2, -0.15) is 0 Å². The minimum absolute atomic E-state index is 0. The van der Waals surface area contributed by atoms with Crippen molar-refractivity contribution in [2.75, 3.05) is 20.7 Å². The first-order valence-corrected chi connectivity index (χ1v) is 7.86. The first kappa shape index (κ1) is 20.3. The van der Waals surface area contributed by atoms with Crippen molar-refractivity contribution < 1.29 is 4.74 Å². The van der Waals surface area contributed by atoms with E-state index in [1.54, 1.807) is 7.11 Å². The fourth-order valence-electron chi connectivity index (χ4n) is 2.35. The minimum atomic E-state index is 0. The lowest BCUT2D eigenvalue weighted by molar-refractivity contribution is 0.414. The number of aliphatic imine (C=N–C) groups is 1. The monoisotopic (exact) mass is 442 g/mol. The number of nitrogens with zero attached hydrogens (tertiary/aromatic N) is 3. The van der Waals surface area contributed by atoms with E-state index < -0.39 is 0 Å². The van der Waals surface area contributed by atoms with Crippen molar-refractivity contribution in [2.45, 2.75) is 20.0 Å². The quantitative estimate of drug-likeness (QED) is 0.425. The Morgan fingerprint density at radius 3 is 2.50 bits per heavy atom. The van der Waals surface area contributed by atoms with E-state index in [4.69, 9.17) is 9.73 Å². The molecule has 0 aliphatic rings. The summed E-state index contributed by atoms with van der Waals surface area (Å²) >= 11 is 0. The van der Waals surface area contributed by atoms with Crippen LogP contribution in [-0.2, 0) is 20.1 Å². The van der Waals surface area contributed by atoms with Crippen molar-refractivity contribution in [1.82, 2.24) is 14.8 Å². The Kier molecular flexibility index (Phi) is 8.67. The van der Waals surface area contributed by atoms with Gasteiger partial charge in [-0.05, 0) is 36.8 Å². The number of aryl methyl sites for hydroxylation is 1. The minimum Gasteiger partial charge on any atom is -0.497 e. The maximum Gasteiger partial charge on any atom is 0.194 e. The average Bonchev–Trinajstić information content (AvgIpc) is 2.96. The van der Waals surface area contributed by atoms with Gasteiger partial charge >= 0.3 is 0 Å². The fraction of sp³-hybridized carbons (Fsp3) is 0.389. The molecule has 5 nitrogen and oxygen atoms in total. The van der Waals surface area contributed by atoms with Crippen LogP contribution in [0.25, 0.3) is 0 Å². The van der Waals surface area contributed by atoms with Crippen LogP contribution < -0.4 is 10.1 Å². The van der Waals surface area contributed by atoms with Crippen LogP contribution in [-0.4, -0.2) is 36.1 Å². The van der Waals surface area contributed by atoms with Crippen LogP contribution in [0.2, 0.25) is 0 Å². The molecule has 0 spiro atoms. The van der Waals surface area contributed by atoms with E-state index in [0.717, 1.165) is 30.4 Å². The van der Waals surface area contributed by atoms with Gasteiger partial charge in [-0.3, -0.25) is 0 Å². The van der Waals surface area contributed by atoms with Crippen LogP contribution in [0.1, 0.15) is 18.2 Å². The van der Waals surface area contributed by atoms with Crippen molar-refractivity contribution in [2.24, 2.45) is 12.0 Å². The third kappa shape index (κ3) is 5.74. The molecule has 0 aliphatic heterocycles. The van der Waals surface area contributed by atoms with Crippen molar-refractivity contribution in [3.63, 3.8) is 0 Å². The zero-order chi connectivity index (χ0) is 16.7. The first-order valence-electron chi connectivity index (χ1n) is 7.86. The predicted molar refractivity (Wildman–Crippen MR) is 110 cm³/mol. The van der Waals surface area contributed by atoms with Crippen LogP contribution in [0.5, 0.6) is 5.75 Å². The molecule has 0 atom stereocenters. The highest BCUT2D eigenvalue weighted by molar-refractivity contribution is 14.0. The average molecular weight is 442 g/mol. The Balaban J connectivity index is 0.00000288. The third-order valence-corrected chi connectivity index (χ3v) is 3.72. The molecule has 0 saturated carbocycles. The van der Waals surface area contributed by atoms with Gasteiger partial charge in [-0.1, -0.05) is 12.1 Å². The van der Waals surface area contributed by atoms with E-state index in [1.807, 2.05) is 24.3 Å². The normalized spacial score (nSPS) is 10.9. The number of benzene rings is 1. The zero-order valence-corrected chi connectivity index (χ0v) is 17.2. The fourth-order valence-corrected chi connectivity index (χ4v) is 2.35. The third-order valence-electron chi connectivity index (χ3n) is 3.72. The number of methoxy groups -OCH3 is 1. The standard InChI is InChI=1S/C18H26N4O.HI/c1-5-19-18(22(3)14-16-7-6-12-21(16)2)20-13-15-8-10-17(23-4)11-9-15;/h6-12H,5,13-14H2,1-4H3,(H,19,20);1H. The molecule has 0 bridgehead atoms. The molecule has 0 radical (unpaired) electrons. The molecule has 2 rings (SSSR count). The van der Waals surface area contributed by atoms with Crippen LogP contribution >= 0.6 is 24.0 Å². The molecule has 0 saturated heterocycles. The summed E-state index contributed by atoms with van der Waals surface area (Å²) in [5, 5.41) is 3.35. The molecule has 1 heterocycles. The second-order valence-corrected chi connectivity index (χ2v) is 5.48. The number of guanidine groups is 1. The summed E-state index contributed by atoms with van der Waals surface area (Å²) in [4.78, 5) is 6.87. The Labute approximate surface area is 161 Å². The molecule has 0 amide bonds. The van der Waals surface area contributed by atoms with Crippen molar-refractivity contribution >= 4 is 29.9 Å². The van der Waals surface area contributed by atoms with E-state index in [-0.39, 0.29) is 24.0 Å². The summed E-state index contributed by atoms with van der Waals surface area (Å²) in [7, 11) is 5.79. The lowest BCUT2D eigenvalue weighted by Crippen LogP contribution is -2.38.